The first-order valence-corrected chi connectivity index (χ1v) is 14.3. The van der Waals surface area contributed by atoms with Gasteiger partial charge in [0.15, 0.2) is 0 Å². The van der Waals surface area contributed by atoms with E-state index in [-0.39, 0.29) is 36.9 Å². The Balaban J connectivity index is 1.42. The Kier molecular flexibility index (Phi) is 7.36. The van der Waals surface area contributed by atoms with E-state index in [1.165, 1.54) is 40.5 Å². The van der Waals surface area contributed by atoms with Gasteiger partial charge < -0.3 is 15.0 Å². The molecular weight excluding hydrogens is 534 g/mol. The highest BCUT2D eigenvalue weighted by molar-refractivity contribution is 8.00. The molecular formula is C21H21N3O9S3. The average Bonchev–Trinajstić information content (AvgIpc) is 3.33. The molecule has 2 aliphatic rings. The maximum absolute atomic E-state index is 13.0. The summed E-state index contributed by atoms with van der Waals surface area (Å²) >= 11 is 2.53. The fourth-order valence-electron chi connectivity index (χ4n) is 3.84. The maximum atomic E-state index is 13.0. The molecule has 2 aromatic rings. The third-order valence-corrected chi connectivity index (χ3v) is 8.49. The van der Waals surface area contributed by atoms with Gasteiger partial charge in [0.1, 0.15) is 18.0 Å². The molecule has 3 atom stereocenters. The summed E-state index contributed by atoms with van der Waals surface area (Å²) < 4.78 is 34.4. The molecule has 0 aliphatic carbocycles. The number of hydrogen-bond acceptors (Lipinski definition) is 11. The summed E-state index contributed by atoms with van der Waals surface area (Å²) in [5, 5.41) is 14.9. The maximum Gasteiger partial charge on any atom is 0.343 e. The van der Waals surface area contributed by atoms with Gasteiger partial charge in [0.25, 0.3) is 15.8 Å². The number of non-ortho nitro benzene ring substituents is 1. The number of benzene rings is 1. The first-order valence-electron chi connectivity index (χ1n) is 10.5. The highest BCUT2D eigenvalue weighted by atomic mass is 32.2. The zero-order valence-corrected chi connectivity index (χ0v) is 21.3. The van der Waals surface area contributed by atoms with Crippen LogP contribution in [0.4, 0.5) is 5.69 Å². The molecule has 0 radical (unpaired) electrons. The van der Waals surface area contributed by atoms with Crippen molar-refractivity contribution in [3.63, 3.8) is 0 Å². The van der Waals surface area contributed by atoms with E-state index < -0.39 is 43.9 Å². The van der Waals surface area contributed by atoms with Crippen molar-refractivity contribution in [2.75, 3.05) is 18.6 Å². The number of thioether (sulfide) groups is 1. The predicted molar refractivity (Wildman–Crippen MR) is 129 cm³/mol. The van der Waals surface area contributed by atoms with Crippen molar-refractivity contribution in [3.8, 4) is 0 Å². The lowest BCUT2D eigenvalue weighted by molar-refractivity contribution is -0.384. The summed E-state index contributed by atoms with van der Waals surface area (Å²) in [5.41, 5.74) is -1.67. The lowest BCUT2D eigenvalue weighted by Crippen LogP contribution is -2.75. The molecule has 3 heterocycles. The van der Waals surface area contributed by atoms with Crippen LogP contribution in [0.2, 0.25) is 0 Å². The third-order valence-electron chi connectivity index (χ3n) is 5.49. The van der Waals surface area contributed by atoms with E-state index >= 15 is 0 Å². The van der Waals surface area contributed by atoms with Crippen LogP contribution in [0.3, 0.4) is 0 Å². The molecule has 1 N–H and O–H groups in total. The van der Waals surface area contributed by atoms with Gasteiger partial charge in [-0.2, -0.15) is 8.42 Å². The summed E-state index contributed by atoms with van der Waals surface area (Å²) in [6.45, 7) is -0.651. The Labute approximate surface area is 214 Å². The molecule has 15 heteroatoms. The van der Waals surface area contributed by atoms with Crippen LogP contribution in [0, 0.1) is 10.1 Å². The number of rotatable bonds is 9. The lowest BCUT2D eigenvalue weighted by atomic mass is 9.99. The number of fused-ring (bicyclic) bond motifs is 1. The van der Waals surface area contributed by atoms with Crippen LogP contribution < -0.4 is 5.32 Å². The van der Waals surface area contributed by atoms with E-state index in [1.54, 1.807) is 0 Å². The van der Waals surface area contributed by atoms with Gasteiger partial charge in [-0.1, -0.05) is 6.07 Å². The molecule has 0 saturated carbocycles. The highest BCUT2D eigenvalue weighted by Crippen LogP contribution is 2.41. The first-order chi connectivity index (χ1) is 17.0. The number of hydrogen-bond donors (Lipinski definition) is 1. The number of nitro benzene ring substituents is 1. The molecule has 2 amide bonds. The van der Waals surface area contributed by atoms with Crippen molar-refractivity contribution in [1.29, 1.82) is 0 Å². The molecule has 192 valence electrons. The lowest BCUT2D eigenvalue weighted by Gasteiger charge is -2.53. The number of carbonyl (C=O) groups is 3. The number of thiophene rings is 1. The number of ether oxygens (including phenoxy) is 1. The average molecular weight is 556 g/mol. The summed E-state index contributed by atoms with van der Waals surface area (Å²) in [7, 11) is -4.12. The van der Waals surface area contributed by atoms with Gasteiger partial charge in [-0.25, -0.2) is 8.98 Å². The van der Waals surface area contributed by atoms with Gasteiger partial charge in [-0.05, 0) is 29.1 Å². The minimum absolute atomic E-state index is 0.134. The van der Waals surface area contributed by atoms with Gasteiger partial charge >= 0.3 is 5.97 Å². The van der Waals surface area contributed by atoms with Gasteiger partial charge in [0.2, 0.25) is 17.4 Å². The van der Waals surface area contributed by atoms with Crippen molar-refractivity contribution in [2.45, 2.75) is 30.0 Å². The molecule has 2 saturated heterocycles. The van der Waals surface area contributed by atoms with Crippen LogP contribution in [0.25, 0.3) is 0 Å². The number of nitrogens with zero attached hydrogens (tertiary/aromatic N) is 2. The molecule has 12 nitrogen and oxygen atoms in total. The number of esters is 1. The smallest absolute Gasteiger partial charge is 0.343 e. The minimum Gasteiger partial charge on any atom is -0.459 e. The molecule has 2 fully saturated rings. The van der Waals surface area contributed by atoms with Crippen molar-refractivity contribution in [1.82, 2.24) is 10.2 Å². The van der Waals surface area contributed by atoms with Gasteiger partial charge in [0.05, 0.1) is 24.1 Å². The van der Waals surface area contributed by atoms with Crippen LogP contribution in [0.15, 0.2) is 41.8 Å². The molecule has 2 aliphatic heterocycles. The Hall–Kier alpha value is -3.01. The standard InChI is InChI=1S/C21H21N3O9S3/c1-36(30,31)33-21(20(27)32-10-13-4-6-14(7-5-13)24(28)29)11-23-18(26)17(19(23)35-12-21)22-16(25)9-15-3-2-8-34-15/h2-8,17,19H,9-12H2,1H3,(H,22,25)/t17?,19-,21?/m1/s1. The second-order valence-electron chi connectivity index (χ2n) is 8.25. The molecule has 0 spiro atoms. The summed E-state index contributed by atoms with van der Waals surface area (Å²) in [4.78, 5) is 50.5. The monoisotopic (exact) mass is 555 g/mol. The number of nitrogens with one attached hydrogen (secondary N) is 1. The SMILES string of the molecule is CS(=O)(=O)OC1(C(=O)OCc2ccc([N+](=O)[O-])cc2)CS[C@@H]2C(NC(=O)Cc3cccs3)C(=O)N2C1. The second kappa shape index (κ2) is 10.2. The van der Waals surface area contributed by atoms with Crippen LogP contribution >= 0.6 is 23.1 Å². The quantitative estimate of drug-likeness (QED) is 0.156. The number of β-lactam (4-membered cyclic amide) rings is 1. The van der Waals surface area contributed by atoms with Crippen molar-refractivity contribution in [3.05, 3.63) is 62.3 Å². The Bertz CT molecular complexity index is 1280. The topological polar surface area (TPSA) is 162 Å². The second-order valence-corrected chi connectivity index (χ2v) is 12.0. The van der Waals surface area contributed by atoms with E-state index in [4.69, 9.17) is 8.92 Å². The number of amides is 2. The molecule has 2 unspecified atom stereocenters. The van der Waals surface area contributed by atoms with E-state index in [0.29, 0.717) is 5.56 Å². The first kappa shape index (κ1) is 26.1. The zero-order chi connectivity index (χ0) is 26.1. The summed E-state index contributed by atoms with van der Waals surface area (Å²) in [6, 6.07) is 8.15. The summed E-state index contributed by atoms with van der Waals surface area (Å²) in [5.74, 6) is -1.90. The van der Waals surface area contributed by atoms with Crippen LogP contribution in [0.5, 0.6) is 0 Å². The fourth-order valence-corrected chi connectivity index (χ4v) is 6.82. The molecule has 4 rings (SSSR count). The Morgan fingerprint density at radius 2 is 2.00 bits per heavy atom. The predicted octanol–water partition coefficient (Wildman–Crippen LogP) is 1.06. The molecule has 1 aromatic carbocycles. The van der Waals surface area contributed by atoms with Crippen LogP contribution in [0.1, 0.15) is 10.4 Å². The third kappa shape index (κ3) is 5.69. The van der Waals surface area contributed by atoms with Crippen LogP contribution in [-0.2, 0) is 46.4 Å². The van der Waals surface area contributed by atoms with E-state index in [0.717, 1.165) is 22.9 Å². The van der Waals surface area contributed by atoms with Crippen molar-refractivity contribution in [2.24, 2.45) is 0 Å². The van der Waals surface area contributed by atoms with E-state index in [2.05, 4.69) is 5.32 Å². The number of nitro groups is 1. The normalized spacial score (nSPS) is 23.4. The zero-order valence-electron chi connectivity index (χ0n) is 18.8. The van der Waals surface area contributed by atoms with E-state index in [1.807, 2.05) is 17.5 Å². The molecule has 1 aromatic heterocycles. The Morgan fingerprint density at radius 1 is 1.28 bits per heavy atom. The van der Waals surface area contributed by atoms with E-state index in [9.17, 15) is 32.9 Å². The highest BCUT2D eigenvalue weighted by Gasteiger charge is 2.59. The van der Waals surface area contributed by atoms with Crippen LogP contribution in [-0.4, -0.2) is 71.6 Å². The van der Waals surface area contributed by atoms with Gasteiger partial charge in [-0.3, -0.25) is 19.7 Å². The number of carbonyl (C=O) groups excluding carboxylic acids is 3. The molecule has 36 heavy (non-hydrogen) atoms. The minimum atomic E-state index is -4.12. The van der Waals surface area contributed by atoms with Crippen molar-refractivity contribution < 1.29 is 36.6 Å². The summed E-state index contributed by atoms with van der Waals surface area (Å²) in [6.07, 6.45) is 0.926. The largest absolute Gasteiger partial charge is 0.459 e. The fraction of sp³-hybridized carbons (Fsp3) is 0.381. The molecule has 0 bridgehead atoms. The van der Waals surface area contributed by atoms with Gasteiger partial charge in [-0.15, -0.1) is 23.1 Å². The van der Waals surface area contributed by atoms with Crippen molar-refractivity contribution >= 4 is 56.7 Å². The van der Waals surface area contributed by atoms with Gasteiger partial charge in [0, 0.05) is 22.8 Å². The Morgan fingerprint density at radius 3 is 2.61 bits per heavy atom.